The fraction of sp³-hybridized carbons (Fsp3) is 0.650. The van der Waals surface area contributed by atoms with Gasteiger partial charge >= 0.3 is 0 Å². The molecule has 27 heavy (non-hydrogen) atoms. The Kier molecular flexibility index (Phi) is 5.27. The number of fused-ring (bicyclic) bond motifs is 2. The van der Waals surface area contributed by atoms with Gasteiger partial charge in [0.1, 0.15) is 0 Å². The number of piperazine rings is 1. The molecular weight excluding hydrogens is 362 g/mol. The van der Waals surface area contributed by atoms with Gasteiger partial charge < -0.3 is 10.2 Å². The quantitative estimate of drug-likeness (QED) is 0.829. The van der Waals surface area contributed by atoms with Crippen molar-refractivity contribution in [3.8, 4) is 0 Å². The third-order valence-electron chi connectivity index (χ3n) is 6.48. The zero-order valence-electron chi connectivity index (χ0n) is 15.9. The Morgan fingerprint density at radius 1 is 1.07 bits per heavy atom. The van der Waals surface area contributed by atoms with Gasteiger partial charge in [0.15, 0.2) is 0 Å². The Bertz CT molecular complexity index is 785. The fourth-order valence-corrected chi connectivity index (χ4v) is 6.31. The summed E-state index contributed by atoms with van der Waals surface area (Å²) in [5.41, 5.74) is 1.34. The molecular formula is C20H29N3O3S. The zero-order valence-corrected chi connectivity index (χ0v) is 16.7. The van der Waals surface area contributed by atoms with Crippen LogP contribution in [-0.4, -0.2) is 62.8 Å². The summed E-state index contributed by atoms with van der Waals surface area (Å²) in [5, 5.41) is 3.18. The predicted octanol–water partition coefficient (Wildman–Crippen LogP) is 1.68. The van der Waals surface area contributed by atoms with Crippen molar-refractivity contribution >= 4 is 15.9 Å². The van der Waals surface area contributed by atoms with E-state index in [1.54, 1.807) is 28.6 Å². The first kappa shape index (κ1) is 18.9. The molecule has 1 N–H and O–H groups in total. The summed E-state index contributed by atoms with van der Waals surface area (Å²) in [6.07, 6.45) is 4.91. The molecule has 2 bridgehead atoms. The number of sulfonamides is 1. The number of amides is 1. The van der Waals surface area contributed by atoms with Crippen molar-refractivity contribution in [1.82, 2.24) is 14.5 Å². The highest BCUT2D eigenvalue weighted by Gasteiger charge is 2.40. The van der Waals surface area contributed by atoms with Crippen molar-refractivity contribution in [2.75, 3.05) is 33.2 Å². The molecule has 3 aliphatic rings. The topological polar surface area (TPSA) is 69.7 Å². The number of carbonyl (C=O) groups excluding carboxylic acids is 1. The van der Waals surface area contributed by atoms with Crippen molar-refractivity contribution < 1.29 is 13.2 Å². The highest BCUT2D eigenvalue weighted by molar-refractivity contribution is 7.88. The SMILES string of the molecule is CN1CCN(S(=O)(=O)Cc2ccc(C(=O)N[C@@H]3C[C@H]4CC[C@@H]3C4)cc2)CC1. The van der Waals surface area contributed by atoms with Crippen LogP contribution in [0.1, 0.15) is 41.6 Å². The molecule has 2 saturated carbocycles. The van der Waals surface area contributed by atoms with Gasteiger partial charge in [-0.2, -0.15) is 4.31 Å². The first-order valence-corrected chi connectivity index (χ1v) is 11.6. The smallest absolute Gasteiger partial charge is 0.251 e. The number of nitrogens with zero attached hydrogens (tertiary/aromatic N) is 2. The van der Waals surface area contributed by atoms with Gasteiger partial charge in [0.2, 0.25) is 10.0 Å². The summed E-state index contributed by atoms with van der Waals surface area (Å²) in [6.45, 7) is 2.62. The molecule has 1 saturated heterocycles. The van der Waals surface area contributed by atoms with Gasteiger partial charge in [-0.05, 0) is 55.8 Å². The van der Waals surface area contributed by atoms with Crippen molar-refractivity contribution in [3.05, 3.63) is 35.4 Å². The standard InChI is InChI=1S/C20H29N3O3S/c1-22-8-10-23(11-9-22)27(25,26)14-15-2-5-17(6-3-15)20(24)21-19-13-16-4-7-18(19)12-16/h2-3,5-6,16,18-19H,4,7-14H2,1H3,(H,21,24)/t16-,18+,19+/m0/s1. The first-order valence-electron chi connectivity index (χ1n) is 9.97. The van der Waals surface area contributed by atoms with Gasteiger partial charge in [-0.15, -0.1) is 0 Å². The minimum Gasteiger partial charge on any atom is -0.349 e. The molecule has 1 aromatic carbocycles. The molecule has 6 nitrogen and oxygen atoms in total. The number of hydrogen-bond donors (Lipinski definition) is 1. The van der Waals surface area contributed by atoms with Gasteiger partial charge in [0.25, 0.3) is 5.91 Å². The highest BCUT2D eigenvalue weighted by atomic mass is 32.2. The van der Waals surface area contributed by atoms with Gasteiger partial charge in [0, 0.05) is 37.8 Å². The molecule has 1 aromatic rings. The molecule has 148 valence electrons. The van der Waals surface area contributed by atoms with Gasteiger partial charge in [-0.1, -0.05) is 18.6 Å². The Balaban J connectivity index is 1.35. The maximum atomic E-state index is 12.6. The Morgan fingerprint density at radius 3 is 2.37 bits per heavy atom. The molecule has 1 amide bonds. The van der Waals surface area contributed by atoms with Crippen LogP contribution in [0.15, 0.2) is 24.3 Å². The minimum absolute atomic E-state index is 0.00894. The summed E-state index contributed by atoms with van der Waals surface area (Å²) in [7, 11) is -1.31. The number of hydrogen-bond acceptors (Lipinski definition) is 4. The lowest BCUT2D eigenvalue weighted by Gasteiger charge is -2.31. The normalized spacial score (nSPS) is 29.1. The highest BCUT2D eigenvalue weighted by Crippen LogP contribution is 2.44. The van der Waals surface area contributed by atoms with E-state index in [-0.39, 0.29) is 11.7 Å². The monoisotopic (exact) mass is 391 g/mol. The molecule has 3 fully saturated rings. The third-order valence-corrected chi connectivity index (χ3v) is 8.33. The number of nitrogens with one attached hydrogen (secondary N) is 1. The predicted molar refractivity (Wildman–Crippen MR) is 105 cm³/mol. The maximum Gasteiger partial charge on any atom is 0.251 e. The lowest BCUT2D eigenvalue weighted by molar-refractivity contribution is 0.0923. The van der Waals surface area contributed by atoms with Crippen molar-refractivity contribution in [2.24, 2.45) is 11.8 Å². The minimum atomic E-state index is -3.31. The van der Waals surface area contributed by atoms with Crippen LogP contribution < -0.4 is 5.32 Å². The zero-order chi connectivity index (χ0) is 19.0. The molecule has 0 unspecified atom stereocenters. The van der Waals surface area contributed by atoms with Gasteiger partial charge in [0.05, 0.1) is 5.75 Å². The number of benzene rings is 1. The fourth-order valence-electron chi connectivity index (χ4n) is 4.79. The second kappa shape index (κ2) is 7.53. The largest absolute Gasteiger partial charge is 0.349 e. The van der Waals surface area contributed by atoms with E-state index in [1.807, 2.05) is 7.05 Å². The molecule has 3 atom stereocenters. The molecule has 0 radical (unpaired) electrons. The van der Waals surface area contributed by atoms with Crippen LogP contribution in [0.4, 0.5) is 0 Å². The summed E-state index contributed by atoms with van der Waals surface area (Å²) >= 11 is 0. The van der Waals surface area contributed by atoms with Gasteiger partial charge in [-0.3, -0.25) is 4.79 Å². The van der Waals surface area contributed by atoms with E-state index in [0.29, 0.717) is 30.6 Å². The Labute approximate surface area is 162 Å². The molecule has 1 aliphatic heterocycles. The van der Waals surface area contributed by atoms with Crippen LogP contribution in [-0.2, 0) is 15.8 Å². The lowest BCUT2D eigenvalue weighted by Crippen LogP contribution is -2.47. The molecule has 0 aromatic heterocycles. The van der Waals surface area contributed by atoms with Crippen molar-refractivity contribution in [3.63, 3.8) is 0 Å². The maximum absolute atomic E-state index is 12.6. The first-order chi connectivity index (χ1) is 12.9. The van der Waals surface area contributed by atoms with E-state index >= 15 is 0 Å². The van der Waals surface area contributed by atoms with Crippen LogP contribution in [0.2, 0.25) is 0 Å². The van der Waals surface area contributed by atoms with Crippen LogP contribution >= 0.6 is 0 Å². The van der Waals surface area contributed by atoms with Crippen molar-refractivity contribution in [2.45, 2.75) is 37.5 Å². The molecule has 2 aliphatic carbocycles. The number of rotatable bonds is 5. The summed E-state index contributed by atoms with van der Waals surface area (Å²) in [6, 6.07) is 7.34. The second-order valence-electron chi connectivity index (χ2n) is 8.41. The van der Waals surface area contributed by atoms with Crippen LogP contribution in [0.3, 0.4) is 0 Å². The van der Waals surface area contributed by atoms with E-state index in [0.717, 1.165) is 31.0 Å². The van der Waals surface area contributed by atoms with E-state index in [2.05, 4.69) is 10.2 Å². The summed E-state index contributed by atoms with van der Waals surface area (Å²) < 4.78 is 26.8. The van der Waals surface area contributed by atoms with E-state index in [4.69, 9.17) is 0 Å². The van der Waals surface area contributed by atoms with Crippen LogP contribution in [0, 0.1) is 11.8 Å². The summed E-state index contributed by atoms with van der Waals surface area (Å²) in [4.78, 5) is 14.6. The molecule has 1 heterocycles. The van der Waals surface area contributed by atoms with E-state index < -0.39 is 10.0 Å². The average Bonchev–Trinajstić information content (AvgIpc) is 3.25. The Hall–Kier alpha value is -1.44. The number of carbonyl (C=O) groups is 1. The van der Waals surface area contributed by atoms with Gasteiger partial charge in [-0.25, -0.2) is 8.42 Å². The lowest BCUT2D eigenvalue weighted by atomic mass is 9.95. The molecule has 7 heteroatoms. The molecule has 0 spiro atoms. The third kappa shape index (κ3) is 4.20. The van der Waals surface area contributed by atoms with Crippen LogP contribution in [0.5, 0.6) is 0 Å². The second-order valence-corrected chi connectivity index (χ2v) is 10.4. The van der Waals surface area contributed by atoms with E-state index in [1.165, 1.54) is 19.3 Å². The average molecular weight is 392 g/mol. The number of likely N-dealkylation sites (N-methyl/N-ethyl adjacent to an activating group) is 1. The van der Waals surface area contributed by atoms with Crippen molar-refractivity contribution in [1.29, 1.82) is 0 Å². The van der Waals surface area contributed by atoms with Crippen LogP contribution in [0.25, 0.3) is 0 Å². The molecule has 4 rings (SSSR count). The van der Waals surface area contributed by atoms with E-state index in [9.17, 15) is 13.2 Å². The Morgan fingerprint density at radius 2 is 1.78 bits per heavy atom. The summed E-state index contributed by atoms with van der Waals surface area (Å²) in [5.74, 6) is 1.39.